The summed E-state index contributed by atoms with van der Waals surface area (Å²) in [5.41, 5.74) is 9.18. The van der Waals surface area contributed by atoms with Gasteiger partial charge in [0, 0.05) is 36.9 Å². The lowest BCUT2D eigenvalue weighted by molar-refractivity contribution is -0.139. The van der Waals surface area contributed by atoms with Crippen LogP contribution in [0.25, 0.3) is 0 Å². The van der Waals surface area contributed by atoms with Gasteiger partial charge in [-0.15, -0.1) is 20.4 Å². The molecule has 1 fully saturated rings. The van der Waals surface area contributed by atoms with Gasteiger partial charge in [0.05, 0.1) is 11.7 Å². The molecule has 3 N–H and O–H groups in total. The van der Waals surface area contributed by atoms with Crippen LogP contribution in [0.4, 0.5) is 16.6 Å². The molecule has 0 saturated heterocycles. The van der Waals surface area contributed by atoms with E-state index in [0.29, 0.717) is 48.1 Å². The first kappa shape index (κ1) is 32.6. The van der Waals surface area contributed by atoms with E-state index in [1.54, 1.807) is 10.2 Å². The molecule has 3 rings (SSSR count). The second-order valence-corrected chi connectivity index (χ2v) is 12.9. The summed E-state index contributed by atoms with van der Waals surface area (Å²) in [6.07, 6.45) is 7.61. The number of hydrogen-bond acceptors (Lipinski definition) is 9. The van der Waals surface area contributed by atoms with Gasteiger partial charge in [-0.1, -0.05) is 72.1 Å². The van der Waals surface area contributed by atoms with E-state index >= 15 is 0 Å². The average Bonchev–Trinajstić information content (AvgIpc) is 3.59. The number of nitrogens with one attached hydrogen (secondary N) is 1. The summed E-state index contributed by atoms with van der Waals surface area (Å²) in [6, 6.07) is -0.217. The van der Waals surface area contributed by atoms with Crippen LogP contribution < -0.4 is 11.1 Å². The van der Waals surface area contributed by atoms with Crippen molar-refractivity contribution >= 4 is 39.8 Å². The topological polar surface area (TPSA) is 144 Å². The number of anilines is 1. The maximum atomic E-state index is 14.0. The first-order valence-corrected chi connectivity index (χ1v) is 16.1. The quantitative estimate of drug-likeness (QED) is 0.195. The molecular weight excluding hydrogens is 538 g/mol. The Balaban J connectivity index is 1.97. The SMILES string of the molecule is CCCCNC(=O)C1CC(C(=O)N(CCCC)CCCC)CC(n2nc(C(C)(C)C)c(N=Nc3nncs3)c2N)C1. The Kier molecular flexibility index (Phi) is 12.2. The standard InChI is InChI=1S/C29H49N9O2S/c1-7-10-13-31-26(39)20-16-21(27(40)37(14-11-8-2)15-12-9-3)18-22(17-20)38-25(30)23(24(36-38)29(4,5)6)33-35-28-34-32-19-41-28/h19-22H,7-18,30H2,1-6H3,(H,31,39). The lowest BCUT2D eigenvalue weighted by atomic mass is 9.77. The third-order valence-electron chi connectivity index (χ3n) is 7.67. The number of amides is 2. The lowest BCUT2D eigenvalue weighted by Crippen LogP contribution is -2.44. The molecule has 3 unspecified atom stereocenters. The second-order valence-electron chi connectivity index (χ2n) is 12.1. The highest BCUT2D eigenvalue weighted by atomic mass is 32.1. The van der Waals surface area contributed by atoms with Crippen molar-refractivity contribution in [2.75, 3.05) is 25.4 Å². The van der Waals surface area contributed by atoms with E-state index in [9.17, 15) is 9.59 Å². The van der Waals surface area contributed by atoms with Gasteiger partial charge in [-0.3, -0.25) is 9.59 Å². The monoisotopic (exact) mass is 587 g/mol. The Morgan fingerprint density at radius 3 is 2.29 bits per heavy atom. The number of aromatic nitrogens is 4. The molecule has 0 aliphatic heterocycles. The number of carbonyl (C=O) groups is 2. The minimum Gasteiger partial charge on any atom is -0.382 e. The summed E-state index contributed by atoms with van der Waals surface area (Å²) in [6.45, 7) is 14.7. The van der Waals surface area contributed by atoms with Gasteiger partial charge in [-0.05, 0) is 38.5 Å². The first-order valence-electron chi connectivity index (χ1n) is 15.2. The fourth-order valence-electron chi connectivity index (χ4n) is 5.35. The summed E-state index contributed by atoms with van der Waals surface area (Å²) in [5.74, 6) is -0.0433. The number of azo groups is 1. The predicted molar refractivity (Wildman–Crippen MR) is 164 cm³/mol. The largest absolute Gasteiger partial charge is 0.382 e. The van der Waals surface area contributed by atoms with E-state index in [-0.39, 0.29) is 35.1 Å². The van der Waals surface area contributed by atoms with Crippen LogP contribution in [0.15, 0.2) is 15.7 Å². The van der Waals surface area contributed by atoms with Crippen LogP contribution in [0.3, 0.4) is 0 Å². The summed E-state index contributed by atoms with van der Waals surface area (Å²) >= 11 is 1.29. The van der Waals surface area contributed by atoms with Crippen molar-refractivity contribution in [3.8, 4) is 0 Å². The first-order chi connectivity index (χ1) is 19.6. The van der Waals surface area contributed by atoms with Crippen LogP contribution in [0.5, 0.6) is 0 Å². The molecule has 0 spiro atoms. The van der Waals surface area contributed by atoms with Gasteiger partial charge in [0.2, 0.25) is 11.8 Å². The van der Waals surface area contributed by atoms with Gasteiger partial charge in [-0.25, -0.2) is 4.68 Å². The third kappa shape index (κ3) is 8.80. The van der Waals surface area contributed by atoms with Crippen LogP contribution >= 0.6 is 11.3 Å². The molecule has 2 amide bonds. The molecular formula is C29H49N9O2S. The van der Waals surface area contributed by atoms with E-state index in [1.807, 2.05) is 4.90 Å². The van der Waals surface area contributed by atoms with Gasteiger partial charge >= 0.3 is 0 Å². The van der Waals surface area contributed by atoms with Crippen molar-refractivity contribution in [3.05, 3.63) is 11.2 Å². The van der Waals surface area contributed by atoms with Gasteiger partial charge in [0.25, 0.3) is 5.13 Å². The minimum atomic E-state index is -0.354. The van der Waals surface area contributed by atoms with Gasteiger partial charge < -0.3 is 16.0 Å². The number of nitrogens with two attached hydrogens (primary N) is 1. The molecule has 2 heterocycles. The van der Waals surface area contributed by atoms with Crippen molar-refractivity contribution in [1.82, 2.24) is 30.2 Å². The molecule has 228 valence electrons. The predicted octanol–water partition coefficient (Wildman–Crippen LogP) is 6.33. The van der Waals surface area contributed by atoms with Gasteiger partial charge in [0.15, 0.2) is 5.69 Å². The number of unbranched alkanes of at least 4 members (excludes halogenated alkanes) is 3. The minimum absolute atomic E-state index is 0.00701. The number of hydrogen-bond donors (Lipinski definition) is 2. The van der Waals surface area contributed by atoms with Crippen LogP contribution in [0.2, 0.25) is 0 Å². The highest BCUT2D eigenvalue weighted by molar-refractivity contribution is 7.13. The van der Waals surface area contributed by atoms with E-state index in [2.05, 4.69) is 67.3 Å². The van der Waals surface area contributed by atoms with Crippen molar-refractivity contribution < 1.29 is 9.59 Å². The number of carbonyl (C=O) groups excluding carboxylic acids is 2. The van der Waals surface area contributed by atoms with Crippen molar-refractivity contribution in [1.29, 1.82) is 0 Å². The maximum Gasteiger partial charge on any atom is 0.251 e. The van der Waals surface area contributed by atoms with Gasteiger partial charge in [0.1, 0.15) is 11.3 Å². The Bertz CT molecular complexity index is 1130. The van der Waals surface area contributed by atoms with Crippen molar-refractivity contribution in [2.45, 2.75) is 111 Å². The molecule has 1 aliphatic carbocycles. The molecule has 41 heavy (non-hydrogen) atoms. The van der Waals surface area contributed by atoms with Crippen molar-refractivity contribution in [3.63, 3.8) is 0 Å². The summed E-state index contributed by atoms with van der Waals surface area (Å²) in [7, 11) is 0. The second kappa shape index (κ2) is 15.4. The smallest absolute Gasteiger partial charge is 0.251 e. The molecule has 1 saturated carbocycles. The molecule has 2 aromatic rings. The third-order valence-corrected chi connectivity index (χ3v) is 8.24. The van der Waals surface area contributed by atoms with E-state index in [4.69, 9.17) is 10.8 Å². The summed E-state index contributed by atoms with van der Waals surface area (Å²) < 4.78 is 1.79. The molecule has 1 aliphatic rings. The molecule has 2 aromatic heterocycles. The fourth-order valence-corrected chi connectivity index (χ4v) is 5.72. The lowest BCUT2D eigenvalue weighted by Gasteiger charge is -2.36. The molecule has 0 radical (unpaired) electrons. The van der Waals surface area contributed by atoms with Crippen LogP contribution in [0, 0.1) is 11.8 Å². The summed E-state index contributed by atoms with van der Waals surface area (Å²) in [4.78, 5) is 29.3. The van der Waals surface area contributed by atoms with Crippen LogP contribution in [0.1, 0.15) is 111 Å². The highest BCUT2D eigenvalue weighted by Crippen LogP contribution is 2.43. The average molecular weight is 588 g/mol. The maximum absolute atomic E-state index is 14.0. The molecule has 0 bridgehead atoms. The number of rotatable bonds is 14. The van der Waals surface area contributed by atoms with E-state index in [1.165, 1.54) is 11.3 Å². The van der Waals surface area contributed by atoms with Crippen molar-refractivity contribution in [2.24, 2.45) is 22.1 Å². The fraction of sp³-hybridized carbons (Fsp3) is 0.759. The Morgan fingerprint density at radius 2 is 1.71 bits per heavy atom. The van der Waals surface area contributed by atoms with Crippen LogP contribution in [-0.4, -0.2) is 56.3 Å². The Hall–Kier alpha value is -2.89. The zero-order valence-corrected chi connectivity index (χ0v) is 26.5. The molecule has 11 nitrogen and oxygen atoms in total. The summed E-state index contributed by atoms with van der Waals surface area (Å²) in [5, 5.41) is 25.0. The zero-order chi connectivity index (χ0) is 30.0. The van der Waals surface area contributed by atoms with Gasteiger partial charge in [-0.2, -0.15) is 5.10 Å². The molecule has 3 atom stereocenters. The highest BCUT2D eigenvalue weighted by Gasteiger charge is 2.40. The molecule has 0 aromatic carbocycles. The Labute approximate surface area is 248 Å². The van der Waals surface area contributed by atoms with E-state index in [0.717, 1.165) is 51.6 Å². The number of nitrogens with zero attached hydrogens (tertiary/aromatic N) is 7. The zero-order valence-electron chi connectivity index (χ0n) is 25.7. The van der Waals surface area contributed by atoms with E-state index < -0.39 is 0 Å². The molecule has 12 heteroatoms. The normalized spacial score (nSPS) is 19.5. The van der Waals surface area contributed by atoms with Crippen LogP contribution in [-0.2, 0) is 15.0 Å². The number of nitrogen functional groups attached to an aromatic ring is 1. The Morgan fingerprint density at radius 1 is 1.05 bits per heavy atom.